The van der Waals surface area contributed by atoms with Crippen LogP contribution in [-0.2, 0) is 9.59 Å². The average molecular weight is 298 g/mol. The number of carboxylic acid groups (broad SMARTS) is 3. The van der Waals surface area contributed by atoms with Gasteiger partial charge in [0.05, 0.1) is 12.0 Å². The summed E-state index contributed by atoms with van der Waals surface area (Å²) in [5.41, 5.74) is -1.39. The van der Waals surface area contributed by atoms with E-state index in [-0.39, 0.29) is 0 Å². The second-order valence-electron chi connectivity index (χ2n) is 3.82. The van der Waals surface area contributed by atoms with Gasteiger partial charge in [-0.1, -0.05) is 6.07 Å². The average Bonchev–Trinajstić information content (AvgIpc) is 2.37. The van der Waals surface area contributed by atoms with Crippen LogP contribution in [0.15, 0.2) is 18.2 Å². The van der Waals surface area contributed by atoms with Gasteiger partial charge in [-0.05, 0) is 12.1 Å². The molecule has 9 heteroatoms. The molecule has 21 heavy (non-hydrogen) atoms. The second kappa shape index (κ2) is 6.48. The number of aliphatic hydroxyl groups excluding tert-OH is 1. The molecule has 0 aromatic heterocycles. The zero-order valence-corrected chi connectivity index (χ0v) is 10.3. The van der Waals surface area contributed by atoms with E-state index in [1.165, 1.54) is 0 Å². The molecule has 0 heterocycles. The summed E-state index contributed by atoms with van der Waals surface area (Å²) in [6.07, 6.45) is -2.93. The Morgan fingerprint density at radius 3 is 2.14 bits per heavy atom. The van der Waals surface area contributed by atoms with Gasteiger partial charge >= 0.3 is 23.9 Å². The summed E-state index contributed by atoms with van der Waals surface area (Å²) in [6, 6.07) is 3.15. The monoisotopic (exact) mass is 298 g/mol. The van der Waals surface area contributed by atoms with Crippen LogP contribution in [0.25, 0.3) is 0 Å². The summed E-state index contributed by atoms with van der Waals surface area (Å²) in [5, 5.41) is 35.5. The first-order chi connectivity index (χ1) is 9.73. The van der Waals surface area contributed by atoms with Crippen molar-refractivity contribution in [2.45, 2.75) is 12.5 Å². The normalized spacial score (nSPS) is 11.5. The van der Waals surface area contributed by atoms with Crippen molar-refractivity contribution in [2.24, 2.45) is 0 Å². The van der Waals surface area contributed by atoms with Crippen LogP contribution in [0.1, 0.15) is 27.1 Å². The molecule has 1 aromatic rings. The molecule has 9 nitrogen and oxygen atoms in total. The summed E-state index contributed by atoms with van der Waals surface area (Å²) in [6.45, 7) is 0. The first kappa shape index (κ1) is 16.1. The van der Waals surface area contributed by atoms with Gasteiger partial charge in [0.15, 0.2) is 6.10 Å². The molecule has 1 atom stereocenters. The number of carboxylic acids is 3. The van der Waals surface area contributed by atoms with E-state index in [2.05, 4.69) is 4.74 Å². The van der Waals surface area contributed by atoms with E-state index in [9.17, 15) is 24.3 Å². The van der Waals surface area contributed by atoms with E-state index in [0.717, 1.165) is 18.2 Å². The molecule has 1 aromatic carbocycles. The quantitative estimate of drug-likeness (QED) is 0.413. The fourth-order valence-corrected chi connectivity index (χ4v) is 1.44. The molecule has 0 saturated heterocycles. The molecule has 1 unspecified atom stereocenters. The number of rotatable bonds is 6. The minimum atomic E-state index is -2.00. The molecule has 0 saturated carbocycles. The molecule has 0 spiro atoms. The summed E-state index contributed by atoms with van der Waals surface area (Å²) in [7, 11) is 0. The topological polar surface area (TPSA) is 158 Å². The lowest BCUT2D eigenvalue weighted by atomic mass is 10.1. The lowest BCUT2D eigenvalue weighted by Gasteiger charge is -2.11. The molecule has 0 radical (unpaired) electrons. The lowest BCUT2D eigenvalue weighted by Crippen LogP contribution is -2.29. The number of ether oxygens (including phenoxy) is 1. The molecule has 4 N–H and O–H groups in total. The van der Waals surface area contributed by atoms with Crippen LogP contribution in [0, 0.1) is 0 Å². The SMILES string of the molecule is O=C(O)CC(O)C(=O)Oc1cccc(C(=O)O)c1C(=O)O. The Morgan fingerprint density at radius 1 is 1.05 bits per heavy atom. The number of benzene rings is 1. The van der Waals surface area contributed by atoms with Crippen molar-refractivity contribution in [1.29, 1.82) is 0 Å². The van der Waals surface area contributed by atoms with Gasteiger partial charge in [-0.25, -0.2) is 14.4 Å². The highest BCUT2D eigenvalue weighted by atomic mass is 16.6. The Hall–Kier alpha value is -2.94. The maximum Gasteiger partial charge on any atom is 0.340 e. The van der Waals surface area contributed by atoms with Gasteiger partial charge < -0.3 is 25.2 Å². The molecule has 0 aliphatic carbocycles. The summed E-state index contributed by atoms with van der Waals surface area (Å²) in [4.78, 5) is 43.8. The van der Waals surface area contributed by atoms with Crippen LogP contribution in [0.3, 0.4) is 0 Å². The first-order valence-electron chi connectivity index (χ1n) is 5.45. The van der Waals surface area contributed by atoms with Crippen molar-refractivity contribution in [1.82, 2.24) is 0 Å². The van der Waals surface area contributed by atoms with Crippen molar-refractivity contribution in [3.8, 4) is 5.75 Å². The number of hydrogen-bond donors (Lipinski definition) is 4. The standard InChI is InChI=1S/C12H10O9/c13-6(4-8(14)15)12(20)21-7-3-1-2-5(10(16)17)9(7)11(18)19/h1-3,6,13H,4H2,(H,14,15)(H,16,17)(H,18,19). The number of aliphatic carboxylic acids is 1. The Bertz CT molecular complexity index is 605. The smallest absolute Gasteiger partial charge is 0.340 e. The van der Waals surface area contributed by atoms with E-state index in [0.29, 0.717) is 0 Å². The second-order valence-corrected chi connectivity index (χ2v) is 3.82. The number of carbonyl (C=O) groups excluding carboxylic acids is 1. The minimum absolute atomic E-state index is 0.600. The number of esters is 1. The Balaban J connectivity index is 3.11. The van der Waals surface area contributed by atoms with Crippen molar-refractivity contribution in [3.63, 3.8) is 0 Å². The van der Waals surface area contributed by atoms with Crippen LogP contribution in [0.2, 0.25) is 0 Å². The Labute approximate surface area is 117 Å². The third-order valence-corrected chi connectivity index (χ3v) is 2.32. The number of carbonyl (C=O) groups is 4. The van der Waals surface area contributed by atoms with E-state index >= 15 is 0 Å². The third kappa shape index (κ3) is 4.01. The minimum Gasteiger partial charge on any atom is -0.481 e. The van der Waals surface area contributed by atoms with Crippen molar-refractivity contribution in [2.75, 3.05) is 0 Å². The molecule has 0 aliphatic rings. The van der Waals surface area contributed by atoms with Gasteiger partial charge in [-0.15, -0.1) is 0 Å². The van der Waals surface area contributed by atoms with E-state index in [1.807, 2.05) is 0 Å². The van der Waals surface area contributed by atoms with E-state index < -0.39 is 53.3 Å². The fourth-order valence-electron chi connectivity index (χ4n) is 1.44. The highest BCUT2D eigenvalue weighted by molar-refractivity contribution is 6.04. The highest BCUT2D eigenvalue weighted by Gasteiger charge is 2.26. The molecule has 112 valence electrons. The van der Waals surface area contributed by atoms with Gasteiger partial charge in [0, 0.05) is 0 Å². The first-order valence-corrected chi connectivity index (χ1v) is 5.45. The maximum atomic E-state index is 11.4. The summed E-state index contributed by atoms with van der Waals surface area (Å²) in [5.74, 6) is -6.66. The molecule has 0 amide bonds. The van der Waals surface area contributed by atoms with Crippen LogP contribution in [0.4, 0.5) is 0 Å². The Kier molecular flexibility index (Phi) is 4.97. The van der Waals surface area contributed by atoms with Crippen LogP contribution in [0.5, 0.6) is 5.75 Å². The zero-order valence-electron chi connectivity index (χ0n) is 10.3. The molecule has 0 aliphatic heterocycles. The lowest BCUT2D eigenvalue weighted by molar-refractivity contribution is -0.151. The van der Waals surface area contributed by atoms with Crippen molar-refractivity contribution < 1.29 is 44.3 Å². The van der Waals surface area contributed by atoms with Crippen molar-refractivity contribution in [3.05, 3.63) is 29.3 Å². The number of hydrogen-bond acceptors (Lipinski definition) is 6. The number of aliphatic hydroxyl groups is 1. The largest absolute Gasteiger partial charge is 0.481 e. The van der Waals surface area contributed by atoms with Gasteiger partial charge in [-0.2, -0.15) is 0 Å². The molecular formula is C12H10O9. The molecule has 0 fully saturated rings. The van der Waals surface area contributed by atoms with Crippen LogP contribution < -0.4 is 4.74 Å². The third-order valence-electron chi connectivity index (χ3n) is 2.32. The molecule has 0 bridgehead atoms. The van der Waals surface area contributed by atoms with Crippen molar-refractivity contribution >= 4 is 23.9 Å². The molecular weight excluding hydrogens is 288 g/mol. The van der Waals surface area contributed by atoms with E-state index in [1.54, 1.807) is 0 Å². The highest BCUT2D eigenvalue weighted by Crippen LogP contribution is 2.23. The van der Waals surface area contributed by atoms with Crippen LogP contribution >= 0.6 is 0 Å². The van der Waals surface area contributed by atoms with Crippen LogP contribution in [-0.4, -0.2) is 50.4 Å². The summed E-state index contributed by atoms with van der Waals surface area (Å²) < 4.78 is 4.56. The maximum absolute atomic E-state index is 11.4. The Morgan fingerprint density at radius 2 is 1.67 bits per heavy atom. The zero-order chi connectivity index (χ0) is 16.2. The van der Waals surface area contributed by atoms with Gasteiger partial charge in [0.2, 0.25) is 0 Å². The summed E-state index contributed by atoms with van der Waals surface area (Å²) >= 11 is 0. The van der Waals surface area contributed by atoms with E-state index in [4.69, 9.17) is 15.3 Å². The fraction of sp³-hybridized carbons (Fsp3) is 0.167. The predicted octanol–water partition coefficient (Wildman–Crippen LogP) is -0.176. The van der Waals surface area contributed by atoms with Gasteiger partial charge in [0.25, 0.3) is 0 Å². The number of aromatic carboxylic acids is 2. The molecule has 1 rings (SSSR count). The van der Waals surface area contributed by atoms with Gasteiger partial charge in [-0.3, -0.25) is 4.79 Å². The van der Waals surface area contributed by atoms with Gasteiger partial charge in [0.1, 0.15) is 11.3 Å². The predicted molar refractivity (Wildman–Crippen MR) is 64.3 cm³/mol.